The molecule has 2 heterocycles. The van der Waals surface area contributed by atoms with E-state index >= 15 is 0 Å². The van der Waals surface area contributed by atoms with Crippen molar-refractivity contribution in [2.24, 2.45) is 0 Å². The first kappa shape index (κ1) is 17.0. The Morgan fingerprint density at radius 2 is 1.74 bits per heavy atom. The Morgan fingerprint density at radius 3 is 2.48 bits per heavy atom. The van der Waals surface area contributed by atoms with Gasteiger partial charge in [-0.1, -0.05) is 42.5 Å². The smallest absolute Gasteiger partial charge is 0.273 e. The molecule has 0 spiro atoms. The molecule has 1 aromatic heterocycles. The first-order valence-corrected chi connectivity index (χ1v) is 8.78. The summed E-state index contributed by atoms with van der Waals surface area (Å²) in [4.78, 5) is 12.5. The SMILES string of the molecule is Cc1cc(C(=O)NNC2=C[C@H](c3ccccc3)Oc3ccccc32)c(C)o1. The molecule has 0 fully saturated rings. The highest BCUT2D eigenvalue weighted by molar-refractivity contribution is 5.95. The summed E-state index contributed by atoms with van der Waals surface area (Å²) < 4.78 is 11.6. The molecule has 1 atom stereocenters. The van der Waals surface area contributed by atoms with Crippen LogP contribution in [0.1, 0.15) is 39.1 Å². The van der Waals surface area contributed by atoms with Gasteiger partial charge in [0.05, 0.1) is 11.3 Å². The van der Waals surface area contributed by atoms with E-state index in [0.29, 0.717) is 17.1 Å². The van der Waals surface area contributed by atoms with Crippen molar-refractivity contribution in [3.05, 3.63) is 95.0 Å². The van der Waals surface area contributed by atoms with Crippen LogP contribution in [0, 0.1) is 13.8 Å². The van der Waals surface area contributed by atoms with Gasteiger partial charge in [0.2, 0.25) is 0 Å². The van der Waals surface area contributed by atoms with E-state index < -0.39 is 0 Å². The lowest BCUT2D eigenvalue weighted by molar-refractivity contribution is 0.0940. The third kappa shape index (κ3) is 3.44. The number of hydrazine groups is 1. The van der Waals surface area contributed by atoms with E-state index in [1.807, 2.05) is 67.6 Å². The van der Waals surface area contributed by atoms with E-state index in [-0.39, 0.29) is 12.0 Å². The molecule has 2 N–H and O–H groups in total. The van der Waals surface area contributed by atoms with Crippen LogP contribution in [-0.2, 0) is 0 Å². The Bertz CT molecular complexity index is 1010. The largest absolute Gasteiger partial charge is 0.481 e. The minimum Gasteiger partial charge on any atom is -0.481 e. The van der Waals surface area contributed by atoms with Crippen LogP contribution >= 0.6 is 0 Å². The molecule has 0 saturated heterocycles. The predicted octanol–water partition coefficient (Wildman–Crippen LogP) is 4.31. The number of ether oxygens (including phenoxy) is 1. The van der Waals surface area contributed by atoms with Gasteiger partial charge in [-0.05, 0) is 43.7 Å². The standard InChI is InChI=1S/C22H20N2O3/c1-14-12-18(15(2)26-14)22(25)24-23-19-13-21(16-8-4-3-5-9-16)27-20-11-7-6-10-17(19)20/h3-13,21,23H,1-2H3,(H,24,25)/t21-/m1/s1. The topological polar surface area (TPSA) is 63.5 Å². The van der Waals surface area contributed by atoms with Gasteiger partial charge in [0, 0.05) is 5.56 Å². The Labute approximate surface area is 157 Å². The zero-order valence-electron chi connectivity index (χ0n) is 15.2. The molecule has 1 aliphatic rings. The lowest BCUT2D eigenvalue weighted by Gasteiger charge is -2.26. The van der Waals surface area contributed by atoms with Crippen LogP contribution in [0.25, 0.3) is 5.70 Å². The van der Waals surface area contributed by atoms with Crippen molar-refractivity contribution in [1.82, 2.24) is 10.9 Å². The van der Waals surface area contributed by atoms with Gasteiger partial charge in [-0.3, -0.25) is 15.6 Å². The van der Waals surface area contributed by atoms with Gasteiger partial charge in [-0.15, -0.1) is 0 Å². The molecule has 0 unspecified atom stereocenters. The predicted molar refractivity (Wildman–Crippen MR) is 103 cm³/mol. The van der Waals surface area contributed by atoms with Crippen LogP contribution in [0.15, 0.2) is 71.2 Å². The average Bonchev–Trinajstić information content (AvgIpc) is 3.04. The summed E-state index contributed by atoms with van der Waals surface area (Å²) in [5, 5.41) is 0. The second-order valence-corrected chi connectivity index (χ2v) is 6.43. The number of furan rings is 1. The molecule has 27 heavy (non-hydrogen) atoms. The van der Waals surface area contributed by atoms with Crippen LogP contribution in [0.3, 0.4) is 0 Å². The van der Waals surface area contributed by atoms with E-state index in [9.17, 15) is 4.79 Å². The second-order valence-electron chi connectivity index (χ2n) is 6.43. The number of benzene rings is 2. The molecular weight excluding hydrogens is 340 g/mol. The van der Waals surface area contributed by atoms with Crippen molar-refractivity contribution < 1.29 is 13.9 Å². The van der Waals surface area contributed by atoms with Crippen molar-refractivity contribution >= 4 is 11.6 Å². The minimum absolute atomic E-state index is 0.238. The van der Waals surface area contributed by atoms with Gasteiger partial charge in [-0.25, -0.2) is 0 Å². The first-order valence-electron chi connectivity index (χ1n) is 8.78. The lowest BCUT2D eigenvalue weighted by atomic mass is 10.0. The monoisotopic (exact) mass is 360 g/mol. The number of carbonyl (C=O) groups excluding carboxylic acids is 1. The van der Waals surface area contributed by atoms with Crippen molar-refractivity contribution in [1.29, 1.82) is 0 Å². The number of hydrogen-bond acceptors (Lipinski definition) is 4. The van der Waals surface area contributed by atoms with Gasteiger partial charge < -0.3 is 9.15 Å². The maximum atomic E-state index is 12.5. The molecule has 4 rings (SSSR count). The molecule has 5 nitrogen and oxygen atoms in total. The van der Waals surface area contributed by atoms with Crippen molar-refractivity contribution in [3.63, 3.8) is 0 Å². The second kappa shape index (κ2) is 7.03. The van der Waals surface area contributed by atoms with E-state index in [1.165, 1.54) is 0 Å². The molecule has 0 saturated carbocycles. The van der Waals surface area contributed by atoms with Crippen molar-refractivity contribution in [2.45, 2.75) is 20.0 Å². The summed E-state index contributed by atoms with van der Waals surface area (Å²) in [7, 11) is 0. The van der Waals surface area contributed by atoms with Crippen LogP contribution in [-0.4, -0.2) is 5.91 Å². The van der Waals surface area contributed by atoms with E-state index in [4.69, 9.17) is 9.15 Å². The van der Waals surface area contributed by atoms with Gasteiger partial charge in [-0.2, -0.15) is 0 Å². The lowest BCUT2D eigenvalue weighted by Crippen LogP contribution is -2.37. The zero-order valence-corrected chi connectivity index (χ0v) is 15.2. The fourth-order valence-corrected chi connectivity index (χ4v) is 3.17. The molecule has 1 amide bonds. The quantitative estimate of drug-likeness (QED) is 0.681. The van der Waals surface area contributed by atoms with Crippen molar-refractivity contribution in [3.8, 4) is 5.75 Å². The molecular formula is C22H20N2O3. The van der Waals surface area contributed by atoms with Gasteiger partial charge in [0.15, 0.2) is 0 Å². The van der Waals surface area contributed by atoms with Gasteiger partial charge >= 0.3 is 0 Å². The van der Waals surface area contributed by atoms with Crippen LogP contribution in [0.4, 0.5) is 0 Å². The maximum absolute atomic E-state index is 12.5. The van der Waals surface area contributed by atoms with Gasteiger partial charge in [0.25, 0.3) is 5.91 Å². The molecule has 3 aromatic rings. The van der Waals surface area contributed by atoms with E-state index in [0.717, 1.165) is 22.6 Å². The Balaban J connectivity index is 1.59. The summed E-state index contributed by atoms with van der Waals surface area (Å²) in [6, 6.07) is 19.4. The molecule has 136 valence electrons. The summed E-state index contributed by atoms with van der Waals surface area (Å²) in [5.74, 6) is 1.82. The summed E-state index contributed by atoms with van der Waals surface area (Å²) in [6.07, 6.45) is 1.73. The highest BCUT2D eigenvalue weighted by atomic mass is 16.5. The highest BCUT2D eigenvalue weighted by Gasteiger charge is 2.22. The number of amides is 1. The Kier molecular flexibility index (Phi) is 4.42. The Hall–Kier alpha value is -3.47. The Morgan fingerprint density at radius 1 is 1.00 bits per heavy atom. The molecule has 0 aliphatic carbocycles. The average molecular weight is 360 g/mol. The number of hydrogen-bond donors (Lipinski definition) is 2. The molecule has 5 heteroatoms. The summed E-state index contributed by atoms with van der Waals surface area (Å²) >= 11 is 0. The van der Waals surface area contributed by atoms with E-state index in [1.54, 1.807) is 13.0 Å². The van der Waals surface area contributed by atoms with Crippen LogP contribution < -0.4 is 15.6 Å². The minimum atomic E-state index is -0.245. The normalized spacial score (nSPS) is 15.3. The van der Waals surface area contributed by atoms with E-state index in [2.05, 4.69) is 10.9 Å². The number of fused-ring (bicyclic) bond motifs is 1. The summed E-state index contributed by atoms with van der Waals surface area (Å²) in [6.45, 7) is 3.59. The number of nitrogens with one attached hydrogen (secondary N) is 2. The molecule has 2 aromatic carbocycles. The molecule has 0 radical (unpaired) electrons. The van der Waals surface area contributed by atoms with Crippen molar-refractivity contribution in [2.75, 3.05) is 0 Å². The maximum Gasteiger partial charge on any atom is 0.273 e. The van der Waals surface area contributed by atoms with Gasteiger partial charge in [0.1, 0.15) is 23.4 Å². The molecule has 1 aliphatic heterocycles. The molecule has 0 bridgehead atoms. The van der Waals surface area contributed by atoms with Crippen LogP contribution in [0.2, 0.25) is 0 Å². The number of rotatable bonds is 4. The summed E-state index contributed by atoms with van der Waals surface area (Å²) in [5.41, 5.74) is 9.05. The third-order valence-corrected chi connectivity index (χ3v) is 4.47. The number of para-hydroxylation sites is 1. The fourth-order valence-electron chi connectivity index (χ4n) is 3.17. The first-order chi connectivity index (χ1) is 13.1. The number of aryl methyl sites for hydroxylation is 2. The zero-order chi connectivity index (χ0) is 18.8. The third-order valence-electron chi connectivity index (χ3n) is 4.47. The van der Waals surface area contributed by atoms with Crippen LogP contribution in [0.5, 0.6) is 5.75 Å². The number of carbonyl (C=O) groups is 1. The fraction of sp³-hybridized carbons (Fsp3) is 0.136. The highest BCUT2D eigenvalue weighted by Crippen LogP contribution is 2.35.